The lowest BCUT2D eigenvalue weighted by Gasteiger charge is -2.12. The lowest BCUT2D eigenvalue weighted by molar-refractivity contribution is -0.157. The minimum absolute atomic E-state index is 0.120. The van der Waals surface area contributed by atoms with Crippen LogP contribution in [0, 0.1) is 0 Å². The van der Waals surface area contributed by atoms with E-state index >= 15 is 0 Å². The van der Waals surface area contributed by atoms with Crippen molar-refractivity contribution < 1.29 is 24.9 Å². The van der Waals surface area contributed by atoms with E-state index in [-0.39, 0.29) is 6.42 Å². The fraction of sp³-hybridized carbons (Fsp3) is 0.818. The summed E-state index contributed by atoms with van der Waals surface area (Å²) >= 11 is 0. The standard InChI is InChI=1S/C11H20O5/c1-2-3-4-5-6-7-8(12)9(13)10(14)11(15)16/h9-10,13-14H,2-7H2,1H3,(H,15,16). The zero-order valence-corrected chi connectivity index (χ0v) is 9.56. The quantitative estimate of drug-likeness (QED) is 0.509. The van der Waals surface area contributed by atoms with Gasteiger partial charge < -0.3 is 15.3 Å². The van der Waals surface area contributed by atoms with E-state index in [1.807, 2.05) is 0 Å². The highest BCUT2D eigenvalue weighted by Gasteiger charge is 2.28. The summed E-state index contributed by atoms with van der Waals surface area (Å²) in [6.45, 7) is 2.08. The van der Waals surface area contributed by atoms with Gasteiger partial charge in [-0.2, -0.15) is 0 Å². The smallest absolute Gasteiger partial charge is 0.335 e. The molecule has 0 aromatic carbocycles. The van der Waals surface area contributed by atoms with Gasteiger partial charge in [0.15, 0.2) is 11.9 Å². The maximum absolute atomic E-state index is 11.2. The van der Waals surface area contributed by atoms with Crippen LogP contribution >= 0.6 is 0 Å². The number of carboxylic acids is 1. The third-order valence-electron chi connectivity index (χ3n) is 2.41. The number of hydrogen-bond acceptors (Lipinski definition) is 4. The van der Waals surface area contributed by atoms with Crippen molar-refractivity contribution in [2.24, 2.45) is 0 Å². The minimum Gasteiger partial charge on any atom is -0.479 e. The first-order chi connectivity index (χ1) is 7.50. The summed E-state index contributed by atoms with van der Waals surface area (Å²) in [5.74, 6) is -2.18. The maximum atomic E-state index is 11.2. The molecule has 2 atom stereocenters. The predicted octanol–water partition coefficient (Wildman–Crippen LogP) is 0.722. The zero-order chi connectivity index (χ0) is 12.6. The molecule has 0 saturated carbocycles. The molecule has 0 rings (SSSR count). The normalized spacial score (nSPS) is 14.4. The second-order valence-electron chi connectivity index (χ2n) is 3.86. The van der Waals surface area contributed by atoms with Crippen molar-refractivity contribution in [2.45, 2.75) is 57.7 Å². The van der Waals surface area contributed by atoms with Gasteiger partial charge >= 0.3 is 5.97 Å². The third-order valence-corrected chi connectivity index (χ3v) is 2.41. The Bertz CT molecular complexity index is 226. The first-order valence-electron chi connectivity index (χ1n) is 5.62. The minimum atomic E-state index is -2.01. The van der Waals surface area contributed by atoms with E-state index in [0.29, 0.717) is 6.42 Å². The van der Waals surface area contributed by atoms with Crippen molar-refractivity contribution in [3.63, 3.8) is 0 Å². The van der Waals surface area contributed by atoms with Gasteiger partial charge in [0.2, 0.25) is 0 Å². The summed E-state index contributed by atoms with van der Waals surface area (Å²) in [6.07, 6.45) is 1.06. The molecule has 0 aliphatic rings. The van der Waals surface area contributed by atoms with E-state index < -0.39 is 24.0 Å². The second kappa shape index (κ2) is 8.24. The molecule has 0 saturated heterocycles. The first-order valence-corrected chi connectivity index (χ1v) is 5.62. The molecule has 5 nitrogen and oxygen atoms in total. The molecule has 0 fully saturated rings. The van der Waals surface area contributed by atoms with Crippen molar-refractivity contribution >= 4 is 11.8 Å². The van der Waals surface area contributed by atoms with Gasteiger partial charge in [-0.25, -0.2) is 4.79 Å². The second-order valence-corrected chi connectivity index (χ2v) is 3.86. The highest BCUT2D eigenvalue weighted by atomic mass is 16.4. The number of ketones is 1. The number of aliphatic hydroxyl groups excluding tert-OH is 2. The number of carboxylic acid groups (broad SMARTS) is 1. The van der Waals surface area contributed by atoms with Gasteiger partial charge in [-0.3, -0.25) is 4.79 Å². The molecule has 0 heterocycles. The summed E-state index contributed by atoms with van der Waals surface area (Å²) in [4.78, 5) is 21.5. The van der Waals surface area contributed by atoms with Crippen molar-refractivity contribution in [3.05, 3.63) is 0 Å². The Hall–Kier alpha value is -0.940. The molecule has 0 aromatic rings. The molecule has 0 spiro atoms. The van der Waals surface area contributed by atoms with Crippen LogP contribution in [-0.4, -0.2) is 39.3 Å². The molecular weight excluding hydrogens is 212 g/mol. The number of aliphatic carboxylic acids is 1. The summed E-state index contributed by atoms with van der Waals surface area (Å²) in [5, 5.41) is 26.5. The van der Waals surface area contributed by atoms with Crippen molar-refractivity contribution in [3.8, 4) is 0 Å². The molecule has 0 bridgehead atoms. The Morgan fingerprint density at radius 2 is 1.56 bits per heavy atom. The largest absolute Gasteiger partial charge is 0.479 e. The number of Topliss-reactive ketones (excluding diaryl/α,β-unsaturated/α-hetero) is 1. The van der Waals surface area contributed by atoms with Crippen molar-refractivity contribution in [2.75, 3.05) is 0 Å². The fourth-order valence-electron chi connectivity index (χ4n) is 1.36. The third kappa shape index (κ3) is 5.82. The van der Waals surface area contributed by atoms with Crippen LogP contribution in [0.25, 0.3) is 0 Å². The van der Waals surface area contributed by atoms with Crippen LogP contribution in [0.2, 0.25) is 0 Å². The Morgan fingerprint density at radius 3 is 2.06 bits per heavy atom. The number of rotatable bonds is 9. The van der Waals surface area contributed by atoms with Crippen LogP contribution in [0.5, 0.6) is 0 Å². The number of hydrogen-bond donors (Lipinski definition) is 3. The Balaban J connectivity index is 3.75. The molecule has 94 valence electrons. The lowest BCUT2D eigenvalue weighted by Crippen LogP contribution is -2.39. The summed E-state index contributed by atoms with van der Waals surface area (Å²) in [5.41, 5.74) is 0. The van der Waals surface area contributed by atoms with Gasteiger partial charge in [0.05, 0.1) is 0 Å². The zero-order valence-electron chi connectivity index (χ0n) is 9.56. The summed E-state index contributed by atoms with van der Waals surface area (Å²) in [7, 11) is 0. The highest BCUT2D eigenvalue weighted by molar-refractivity contribution is 5.89. The van der Waals surface area contributed by atoms with E-state index in [9.17, 15) is 14.7 Å². The molecule has 2 unspecified atom stereocenters. The van der Waals surface area contributed by atoms with Gasteiger partial charge in [0, 0.05) is 6.42 Å². The molecule has 5 heteroatoms. The Labute approximate surface area is 95.1 Å². The number of carbonyl (C=O) groups excluding carboxylic acids is 1. The molecular formula is C11H20O5. The lowest BCUT2D eigenvalue weighted by atomic mass is 10.0. The predicted molar refractivity (Wildman–Crippen MR) is 58.0 cm³/mol. The van der Waals surface area contributed by atoms with Crippen LogP contribution < -0.4 is 0 Å². The van der Waals surface area contributed by atoms with Crippen LogP contribution in [0.15, 0.2) is 0 Å². The van der Waals surface area contributed by atoms with Gasteiger partial charge in [-0.05, 0) is 6.42 Å². The Morgan fingerprint density at radius 1 is 1.00 bits per heavy atom. The highest BCUT2D eigenvalue weighted by Crippen LogP contribution is 2.08. The number of aliphatic hydroxyl groups is 2. The average Bonchev–Trinajstić information content (AvgIpc) is 2.26. The maximum Gasteiger partial charge on any atom is 0.335 e. The SMILES string of the molecule is CCCCCCCC(=O)C(O)C(O)C(=O)O. The molecule has 0 aromatic heterocycles. The van der Waals surface area contributed by atoms with Crippen LogP contribution in [0.1, 0.15) is 45.4 Å². The molecule has 16 heavy (non-hydrogen) atoms. The molecule has 0 amide bonds. The van der Waals surface area contributed by atoms with E-state index in [0.717, 1.165) is 25.7 Å². The van der Waals surface area contributed by atoms with E-state index in [2.05, 4.69) is 6.92 Å². The van der Waals surface area contributed by atoms with Gasteiger partial charge in [-0.15, -0.1) is 0 Å². The fourth-order valence-corrected chi connectivity index (χ4v) is 1.36. The monoisotopic (exact) mass is 232 g/mol. The van der Waals surface area contributed by atoms with E-state index in [4.69, 9.17) is 10.2 Å². The van der Waals surface area contributed by atoms with Crippen LogP contribution in [-0.2, 0) is 9.59 Å². The van der Waals surface area contributed by atoms with Gasteiger partial charge in [0.1, 0.15) is 6.10 Å². The van der Waals surface area contributed by atoms with Crippen LogP contribution in [0.3, 0.4) is 0 Å². The van der Waals surface area contributed by atoms with Gasteiger partial charge in [-0.1, -0.05) is 32.6 Å². The summed E-state index contributed by atoms with van der Waals surface area (Å²) < 4.78 is 0. The first kappa shape index (κ1) is 15.1. The van der Waals surface area contributed by atoms with Crippen LogP contribution in [0.4, 0.5) is 0 Å². The Kier molecular flexibility index (Phi) is 7.76. The number of carbonyl (C=O) groups is 2. The van der Waals surface area contributed by atoms with Crippen molar-refractivity contribution in [1.82, 2.24) is 0 Å². The topological polar surface area (TPSA) is 94.8 Å². The molecule has 0 aliphatic heterocycles. The summed E-state index contributed by atoms with van der Waals surface area (Å²) in [6, 6.07) is 0. The number of unbranched alkanes of at least 4 members (excludes halogenated alkanes) is 4. The molecule has 3 N–H and O–H groups in total. The van der Waals surface area contributed by atoms with Gasteiger partial charge in [0.25, 0.3) is 0 Å². The van der Waals surface area contributed by atoms with Crippen molar-refractivity contribution in [1.29, 1.82) is 0 Å². The molecule has 0 aliphatic carbocycles. The average molecular weight is 232 g/mol. The van der Waals surface area contributed by atoms with E-state index in [1.54, 1.807) is 0 Å². The van der Waals surface area contributed by atoms with E-state index in [1.165, 1.54) is 0 Å². The molecule has 0 radical (unpaired) electrons.